The third-order valence-electron chi connectivity index (χ3n) is 2.54. The minimum Gasteiger partial charge on any atom is -0.478 e. The van der Waals surface area contributed by atoms with Gasteiger partial charge in [0.15, 0.2) is 0 Å². The Bertz CT molecular complexity index is 710. The van der Waals surface area contributed by atoms with Crippen molar-refractivity contribution in [3.8, 4) is 0 Å². The highest BCUT2D eigenvalue weighted by Gasteiger charge is 2.21. The van der Waals surface area contributed by atoms with Gasteiger partial charge in [0.2, 0.25) is 0 Å². The van der Waals surface area contributed by atoms with Crippen molar-refractivity contribution < 1.29 is 24.2 Å². The van der Waals surface area contributed by atoms with Crippen LogP contribution in [0.3, 0.4) is 0 Å². The number of nitrogens with zero attached hydrogens (tertiary/aromatic N) is 1. The summed E-state index contributed by atoms with van der Waals surface area (Å²) in [6.45, 7) is 0. The lowest BCUT2D eigenvalue weighted by atomic mass is 10.2. The molecular weight excluding hydrogens is 296 g/mol. The molecule has 7 nitrogen and oxygen atoms in total. The van der Waals surface area contributed by atoms with E-state index in [1.54, 1.807) is 5.38 Å². The van der Waals surface area contributed by atoms with Crippen LogP contribution >= 0.6 is 11.3 Å². The van der Waals surface area contributed by atoms with Crippen LogP contribution in [0.25, 0.3) is 0 Å². The Labute approximate surface area is 123 Å². The first-order valence-corrected chi connectivity index (χ1v) is 6.58. The molecule has 0 radical (unpaired) electrons. The van der Waals surface area contributed by atoms with E-state index in [1.807, 2.05) is 0 Å². The summed E-state index contributed by atoms with van der Waals surface area (Å²) in [5.74, 6) is -2.55. The second-order valence-corrected chi connectivity index (χ2v) is 4.73. The maximum absolute atomic E-state index is 12.1. The zero-order valence-corrected chi connectivity index (χ0v) is 11.6. The topological polar surface area (TPSA) is 106 Å². The van der Waals surface area contributed by atoms with Crippen LogP contribution in [0.2, 0.25) is 0 Å². The third kappa shape index (κ3) is 3.06. The fraction of sp³-hybridized carbons (Fsp3) is 0.0769. The van der Waals surface area contributed by atoms with Crippen molar-refractivity contribution >= 4 is 34.9 Å². The molecule has 2 N–H and O–H groups in total. The van der Waals surface area contributed by atoms with Crippen molar-refractivity contribution in [2.45, 2.75) is 0 Å². The zero-order valence-electron chi connectivity index (χ0n) is 10.8. The van der Waals surface area contributed by atoms with Gasteiger partial charge in [0, 0.05) is 6.20 Å². The second-order valence-electron chi connectivity index (χ2n) is 3.81. The normalized spacial score (nSPS) is 9.95. The van der Waals surface area contributed by atoms with Crippen LogP contribution in [-0.2, 0) is 4.74 Å². The molecule has 21 heavy (non-hydrogen) atoms. The van der Waals surface area contributed by atoms with Crippen molar-refractivity contribution in [1.29, 1.82) is 0 Å². The number of anilines is 1. The van der Waals surface area contributed by atoms with Crippen molar-refractivity contribution in [3.63, 3.8) is 0 Å². The van der Waals surface area contributed by atoms with Crippen LogP contribution in [0.5, 0.6) is 0 Å². The fourth-order valence-electron chi connectivity index (χ4n) is 1.60. The highest BCUT2D eigenvalue weighted by atomic mass is 32.1. The summed E-state index contributed by atoms with van der Waals surface area (Å²) in [5.41, 5.74) is -0.198. The summed E-state index contributed by atoms with van der Waals surface area (Å²) in [7, 11) is 1.23. The molecule has 0 aliphatic heterocycles. The van der Waals surface area contributed by atoms with E-state index in [2.05, 4.69) is 15.0 Å². The van der Waals surface area contributed by atoms with E-state index in [4.69, 9.17) is 5.11 Å². The molecule has 1 amide bonds. The van der Waals surface area contributed by atoms with Gasteiger partial charge in [-0.2, -0.15) is 0 Å². The predicted molar refractivity (Wildman–Crippen MR) is 74.8 cm³/mol. The molecule has 0 unspecified atom stereocenters. The van der Waals surface area contributed by atoms with Gasteiger partial charge >= 0.3 is 11.9 Å². The Morgan fingerprint density at radius 3 is 2.76 bits per heavy atom. The highest BCUT2D eigenvalue weighted by Crippen LogP contribution is 2.23. The Morgan fingerprint density at radius 1 is 1.33 bits per heavy atom. The monoisotopic (exact) mass is 306 g/mol. The Kier molecular flexibility index (Phi) is 4.29. The average Bonchev–Trinajstić information content (AvgIpc) is 2.94. The lowest BCUT2D eigenvalue weighted by molar-refractivity contribution is 0.0606. The number of methoxy groups -OCH3 is 1. The number of hydrogen-bond acceptors (Lipinski definition) is 6. The van der Waals surface area contributed by atoms with Gasteiger partial charge in [0.1, 0.15) is 10.6 Å². The van der Waals surface area contributed by atoms with E-state index >= 15 is 0 Å². The summed E-state index contributed by atoms with van der Waals surface area (Å²) in [5, 5.41) is 13.1. The molecule has 0 aliphatic rings. The molecule has 8 heteroatoms. The maximum atomic E-state index is 12.1. The van der Waals surface area contributed by atoms with Gasteiger partial charge in [-0.3, -0.25) is 9.78 Å². The highest BCUT2D eigenvalue weighted by molar-refractivity contribution is 7.12. The predicted octanol–water partition coefficient (Wildman–Crippen LogP) is 1.88. The Hall–Kier alpha value is -2.74. The molecule has 2 heterocycles. The molecule has 0 fully saturated rings. The Balaban J connectivity index is 2.29. The van der Waals surface area contributed by atoms with Crippen LogP contribution in [0.4, 0.5) is 5.69 Å². The number of pyridine rings is 1. The molecule has 2 aromatic rings. The summed E-state index contributed by atoms with van der Waals surface area (Å²) in [6, 6.07) is 4.22. The van der Waals surface area contributed by atoms with Gasteiger partial charge in [-0.05, 0) is 23.6 Å². The lowest BCUT2D eigenvalue weighted by Crippen LogP contribution is -2.19. The van der Waals surface area contributed by atoms with Crippen molar-refractivity contribution in [2.24, 2.45) is 0 Å². The van der Waals surface area contributed by atoms with Crippen molar-refractivity contribution in [2.75, 3.05) is 12.4 Å². The van der Waals surface area contributed by atoms with Gasteiger partial charge in [-0.1, -0.05) is 0 Å². The first-order valence-electron chi connectivity index (χ1n) is 5.70. The van der Waals surface area contributed by atoms with Gasteiger partial charge < -0.3 is 15.2 Å². The minimum atomic E-state index is -1.26. The van der Waals surface area contributed by atoms with Crippen LogP contribution < -0.4 is 5.32 Å². The van der Waals surface area contributed by atoms with Crippen LogP contribution in [-0.4, -0.2) is 35.0 Å². The van der Waals surface area contributed by atoms with E-state index < -0.39 is 17.8 Å². The number of amides is 1. The van der Waals surface area contributed by atoms with Crippen molar-refractivity contribution in [3.05, 3.63) is 45.9 Å². The molecule has 0 bridgehead atoms. The number of carboxylic acid groups (broad SMARTS) is 1. The average molecular weight is 306 g/mol. The molecule has 0 atom stereocenters. The SMILES string of the molecule is COC(=O)c1sccc1NC(=O)c1ncccc1C(=O)O. The number of carboxylic acids is 1. The number of thiophene rings is 1. The molecular formula is C13H10N2O5S. The van der Waals surface area contributed by atoms with Crippen LogP contribution in [0.15, 0.2) is 29.8 Å². The molecule has 2 aromatic heterocycles. The number of carbonyl (C=O) groups excluding carboxylic acids is 2. The van der Waals surface area contributed by atoms with Gasteiger partial charge in [-0.25, -0.2) is 9.59 Å². The number of nitrogens with one attached hydrogen (secondary N) is 1. The minimum absolute atomic E-state index is 0.218. The van der Waals surface area contributed by atoms with E-state index in [-0.39, 0.29) is 21.8 Å². The second kappa shape index (κ2) is 6.14. The first-order chi connectivity index (χ1) is 10.0. The summed E-state index contributed by atoms with van der Waals surface area (Å²) in [6.07, 6.45) is 1.32. The van der Waals surface area contributed by atoms with Crippen LogP contribution in [0.1, 0.15) is 30.5 Å². The molecule has 0 spiro atoms. The number of rotatable bonds is 4. The number of hydrogen-bond donors (Lipinski definition) is 2. The number of aromatic nitrogens is 1. The fourth-order valence-corrected chi connectivity index (χ4v) is 2.36. The van der Waals surface area contributed by atoms with E-state index in [0.717, 1.165) is 11.3 Å². The number of aromatic carboxylic acids is 1. The Morgan fingerprint density at radius 2 is 2.10 bits per heavy atom. The molecule has 0 saturated heterocycles. The smallest absolute Gasteiger partial charge is 0.350 e. The molecule has 0 saturated carbocycles. The molecule has 0 aromatic carbocycles. The molecule has 108 valence electrons. The zero-order chi connectivity index (χ0) is 15.4. The van der Waals surface area contributed by atoms with Gasteiger partial charge in [-0.15, -0.1) is 11.3 Å². The molecule has 2 rings (SSSR count). The third-order valence-corrected chi connectivity index (χ3v) is 3.43. The summed E-state index contributed by atoms with van der Waals surface area (Å²) < 4.78 is 4.59. The summed E-state index contributed by atoms with van der Waals surface area (Å²) >= 11 is 1.10. The quantitative estimate of drug-likeness (QED) is 0.835. The van der Waals surface area contributed by atoms with Crippen molar-refractivity contribution in [1.82, 2.24) is 4.98 Å². The van der Waals surface area contributed by atoms with Gasteiger partial charge in [0.05, 0.1) is 18.4 Å². The standard InChI is InChI=1S/C13H10N2O5S/c1-20-13(19)10-8(4-6-21-10)15-11(16)9-7(12(17)18)3-2-5-14-9/h2-6H,1H3,(H,15,16)(H,17,18). The summed E-state index contributed by atoms with van der Waals surface area (Å²) in [4.78, 5) is 38.7. The van der Waals surface area contributed by atoms with E-state index in [1.165, 1.54) is 31.5 Å². The maximum Gasteiger partial charge on any atom is 0.350 e. The van der Waals surface area contributed by atoms with E-state index in [9.17, 15) is 14.4 Å². The van der Waals surface area contributed by atoms with Gasteiger partial charge in [0.25, 0.3) is 5.91 Å². The molecule has 0 aliphatic carbocycles. The number of ether oxygens (including phenoxy) is 1. The van der Waals surface area contributed by atoms with Crippen LogP contribution in [0, 0.1) is 0 Å². The van der Waals surface area contributed by atoms with E-state index in [0.29, 0.717) is 0 Å². The number of carbonyl (C=O) groups is 3. The number of esters is 1. The lowest BCUT2D eigenvalue weighted by Gasteiger charge is -2.07. The largest absolute Gasteiger partial charge is 0.478 e. The first kappa shape index (κ1) is 14.7.